The number of ether oxygens (including phenoxy) is 3. The van der Waals surface area contributed by atoms with Crippen LogP contribution >= 0.6 is 0 Å². The van der Waals surface area contributed by atoms with Crippen molar-refractivity contribution in [2.45, 2.75) is 90.6 Å². The lowest BCUT2D eigenvalue weighted by atomic mass is 10.0. The van der Waals surface area contributed by atoms with Crippen molar-refractivity contribution in [1.29, 1.82) is 0 Å². The molecule has 0 radical (unpaired) electrons. The molecule has 0 heterocycles. The normalized spacial score (nSPS) is 17.0. The van der Waals surface area contributed by atoms with Gasteiger partial charge in [0, 0.05) is 19.8 Å². The van der Waals surface area contributed by atoms with Crippen LogP contribution in [0.4, 0.5) is 0 Å². The van der Waals surface area contributed by atoms with Crippen molar-refractivity contribution in [2.75, 3.05) is 26.4 Å². The van der Waals surface area contributed by atoms with Gasteiger partial charge in [0.25, 0.3) is 0 Å². The van der Waals surface area contributed by atoms with Gasteiger partial charge in [-0.3, -0.25) is 0 Å². The number of aliphatic hydroxyl groups is 2. The molecule has 0 bridgehead atoms. The van der Waals surface area contributed by atoms with Gasteiger partial charge in [-0.05, 0) is 26.2 Å². The lowest BCUT2D eigenvalue weighted by Crippen LogP contribution is -2.48. The van der Waals surface area contributed by atoms with Crippen molar-refractivity contribution < 1.29 is 24.4 Å². The Hall–Kier alpha value is -0.200. The summed E-state index contributed by atoms with van der Waals surface area (Å²) in [5.74, 6) is 0. The van der Waals surface area contributed by atoms with E-state index >= 15 is 0 Å². The summed E-state index contributed by atoms with van der Waals surface area (Å²) in [5.41, 5.74) is 0. The van der Waals surface area contributed by atoms with Crippen LogP contribution in [0.15, 0.2) is 0 Å². The third-order valence-corrected chi connectivity index (χ3v) is 3.73. The standard InChI is InChI=1S/C18H38O5/c1-5-8-11-21-14-16(20)18(23-13-10-7-3)17(15(4)19)22-12-9-6-2/h15-20H,5-14H2,1-4H3/t15?,16?,17?,18-/m1/s1. The molecule has 0 amide bonds. The molecule has 0 spiro atoms. The monoisotopic (exact) mass is 334 g/mol. The third-order valence-electron chi connectivity index (χ3n) is 3.73. The second-order valence-corrected chi connectivity index (χ2v) is 6.11. The molecule has 0 aromatic rings. The fourth-order valence-corrected chi connectivity index (χ4v) is 2.21. The van der Waals surface area contributed by atoms with E-state index in [1.165, 1.54) is 0 Å². The molecule has 0 saturated carbocycles. The summed E-state index contributed by atoms with van der Waals surface area (Å²) in [6, 6.07) is 0. The van der Waals surface area contributed by atoms with E-state index in [1.807, 2.05) is 0 Å². The van der Waals surface area contributed by atoms with E-state index in [9.17, 15) is 10.2 Å². The van der Waals surface area contributed by atoms with E-state index in [0.717, 1.165) is 38.5 Å². The first-order valence-electron chi connectivity index (χ1n) is 9.25. The fourth-order valence-electron chi connectivity index (χ4n) is 2.21. The summed E-state index contributed by atoms with van der Waals surface area (Å²) in [5, 5.41) is 20.5. The second-order valence-electron chi connectivity index (χ2n) is 6.11. The van der Waals surface area contributed by atoms with Crippen LogP contribution in [0.3, 0.4) is 0 Å². The average Bonchev–Trinajstić information content (AvgIpc) is 2.53. The average molecular weight is 334 g/mol. The van der Waals surface area contributed by atoms with Crippen LogP contribution in [0.2, 0.25) is 0 Å². The number of aliphatic hydroxyl groups excluding tert-OH is 2. The molecule has 5 nitrogen and oxygen atoms in total. The first-order chi connectivity index (χ1) is 11.1. The fraction of sp³-hybridized carbons (Fsp3) is 1.00. The van der Waals surface area contributed by atoms with Gasteiger partial charge in [0.05, 0.1) is 12.7 Å². The Morgan fingerprint density at radius 3 is 1.70 bits per heavy atom. The Morgan fingerprint density at radius 1 is 0.739 bits per heavy atom. The molecule has 140 valence electrons. The van der Waals surface area contributed by atoms with Gasteiger partial charge in [0.15, 0.2) is 0 Å². The zero-order valence-electron chi connectivity index (χ0n) is 15.5. The Kier molecular flexibility index (Phi) is 15.2. The van der Waals surface area contributed by atoms with Gasteiger partial charge in [0.2, 0.25) is 0 Å². The molecule has 4 atom stereocenters. The van der Waals surface area contributed by atoms with E-state index in [0.29, 0.717) is 19.8 Å². The van der Waals surface area contributed by atoms with Gasteiger partial charge in [0.1, 0.15) is 18.3 Å². The molecule has 0 aromatic carbocycles. The molecular formula is C18H38O5. The molecule has 0 saturated heterocycles. The number of unbranched alkanes of at least 4 members (excludes halogenated alkanes) is 3. The highest BCUT2D eigenvalue weighted by Crippen LogP contribution is 2.16. The minimum atomic E-state index is -0.801. The van der Waals surface area contributed by atoms with Gasteiger partial charge in [-0.15, -0.1) is 0 Å². The Bertz CT molecular complexity index is 248. The summed E-state index contributed by atoms with van der Waals surface area (Å²) in [7, 11) is 0. The highest BCUT2D eigenvalue weighted by Gasteiger charge is 2.33. The molecular weight excluding hydrogens is 296 g/mol. The summed E-state index contributed by atoms with van der Waals surface area (Å²) < 4.78 is 17.1. The number of hydrogen-bond acceptors (Lipinski definition) is 5. The minimum absolute atomic E-state index is 0.206. The molecule has 5 heteroatoms. The maximum Gasteiger partial charge on any atom is 0.114 e. The van der Waals surface area contributed by atoms with Crippen LogP contribution in [0.5, 0.6) is 0 Å². The Morgan fingerprint density at radius 2 is 1.22 bits per heavy atom. The van der Waals surface area contributed by atoms with Gasteiger partial charge >= 0.3 is 0 Å². The van der Waals surface area contributed by atoms with Crippen LogP contribution in [-0.2, 0) is 14.2 Å². The van der Waals surface area contributed by atoms with Crippen molar-refractivity contribution in [3.05, 3.63) is 0 Å². The summed E-state index contributed by atoms with van der Waals surface area (Å²) in [6.07, 6.45) is 3.30. The van der Waals surface area contributed by atoms with Gasteiger partial charge in [-0.2, -0.15) is 0 Å². The number of rotatable bonds is 16. The zero-order chi connectivity index (χ0) is 17.5. The Balaban J connectivity index is 4.62. The summed E-state index contributed by atoms with van der Waals surface area (Å²) >= 11 is 0. The number of hydrogen-bond donors (Lipinski definition) is 2. The van der Waals surface area contributed by atoms with Crippen molar-refractivity contribution in [1.82, 2.24) is 0 Å². The van der Waals surface area contributed by atoms with Crippen LogP contribution in [-0.4, -0.2) is 61.1 Å². The van der Waals surface area contributed by atoms with Crippen molar-refractivity contribution in [2.24, 2.45) is 0 Å². The molecule has 0 rings (SSSR count). The van der Waals surface area contributed by atoms with Crippen LogP contribution in [0.25, 0.3) is 0 Å². The van der Waals surface area contributed by atoms with Crippen molar-refractivity contribution >= 4 is 0 Å². The first-order valence-corrected chi connectivity index (χ1v) is 9.25. The molecule has 0 fully saturated rings. The SMILES string of the molecule is CCCCOCC(O)[C@@H](OCCCC)C(OCCCC)C(C)O. The van der Waals surface area contributed by atoms with Gasteiger partial charge in [-0.1, -0.05) is 40.0 Å². The molecule has 2 N–H and O–H groups in total. The first kappa shape index (κ1) is 22.8. The van der Waals surface area contributed by atoms with E-state index in [4.69, 9.17) is 14.2 Å². The third kappa shape index (κ3) is 11.1. The highest BCUT2D eigenvalue weighted by molar-refractivity contribution is 4.82. The molecule has 0 aromatic heterocycles. The predicted octanol–water partition coefficient (Wildman–Crippen LogP) is 2.92. The molecule has 0 aliphatic rings. The summed E-state index contributed by atoms with van der Waals surface area (Å²) in [4.78, 5) is 0. The molecule has 3 unspecified atom stereocenters. The van der Waals surface area contributed by atoms with Crippen molar-refractivity contribution in [3.63, 3.8) is 0 Å². The Labute approximate surface area is 142 Å². The summed E-state index contributed by atoms with van der Waals surface area (Å²) in [6.45, 7) is 9.90. The molecule has 0 aliphatic carbocycles. The van der Waals surface area contributed by atoms with Crippen LogP contribution in [0, 0.1) is 0 Å². The highest BCUT2D eigenvalue weighted by atomic mass is 16.6. The minimum Gasteiger partial charge on any atom is -0.391 e. The van der Waals surface area contributed by atoms with E-state index in [-0.39, 0.29) is 6.61 Å². The molecule has 23 heavy (non-hydrogen) atoms. The maximum atomic E-state index is 10.4. The van der Waals surface area contributed by atoms with Crippen molar-refractivity contribution in [3.8, 4) is 0 Å². The predicted molar refractivity (Wildman–Crippen MR) is 92.7 cm³/mol. The lowest BCUT2D eigenvalue weighted by Gasteiger charge is -2.32. The maximum absolute atomic E-state index is 10.4. The largest absolute Gasteiger partial charge is 0.391 e. The van der Waals surface area contributed by atoms with Crippen LogP contribution < -0.4 is 0 Å². The van der Waals surface area contributed by atoms with E-state index in [1.54, 1.807) is 6.92 Å². The van der Waals surface area contributed by atoms with Gasteiger partial charge in [-0.25, -0.2) is 0 Å². The van der Waals surface area contributed by atoms with Crippen LogP contribution in [0.1, 0.15) is 66.2 Å². The van der Waals surface area contributed by atoms with E-state index < -0.39 is 24.4 Å². The smallest absolute Gasteiger partial charge is 0.114 e. The van der Waals surface area contributed by atoms with Gasteiger partial charge < -0.3 is 24.4 Å². The van der Waals surface area contributed by atoms with E-state index in [2.05, 4.69) is 20.8 Å². The second kappa shape index (κ2) is 15.3. The topological polar surface area (TPSA) is 68.2 Å². The molecule has 0 aliphatic heterocycles. The zero-order valence-corrected chi connectivity index (χ0v) is 15.5. The lowest BCUT2D eigenvalue weighted by molar-refractivity contribution is -0.164. The quantitative estimate of drug-likeness (QED) is 0.425.